The zero-order valence-electron chi connectivity index (χ0n) is 35.7. The molecule has 0 aliphatic rings. The van der Waals surface area contributed by atoms with Crippen LogP contribution in [0.5, 0.6) is 5.75 Å². The third-order valence-corrected chi connectivity index (χ3v) is 10.9. The van der Waals surface area contributed by atoms with Crippen molar-refractivity contribution < 1.29 is 34.0 Å². The van der Waals surface area contributed by atoms with Crippen molar-refractivity contribution in [3.8, 4) is 16.9 Å². The van der Waals surface area contributed by atoms with Crippen LogP contribution >= 0.6 is 0 Å². The summed E-state index contributed by atoms with van der Waals surface area (Å²) in [6.45, 7) is 17.8. The number of unbranched alkanes of at least 4 members (excludes halogenated alkanes) is 3. The lowest BCUT2D eigenvalue weighted by atomic mass is 9.81. The van der Waals surface area contributed by atoms with Crippen LogP contribution in [0.3, 0.4) is 0 Å². The van der Waals surface area contributed by atoms with E-state index < -0.39 is 17.4 Å². The number of carbonyl (C=O) groups excluding carboxylic acids is 2. The number of hydrogen-bond donors (Lipinski definition) is 2. The van der Waals surface area contributed by atoms with Gasteiger partial charge in [0.05, 0.1) is 33.0 Å². The van der Waals surface area contributed by atoms with Crippen LogP contribution < -0.4 is 4.74 Å². The van der Waals surface area contributed by atoms with Crippen molar-refractivity contribution in [2.24, 2.45) is 5.41 Å². The van der Waals surface area contributed by atoms with Gasteiger partial charge >= 0.3 is 11.9 Å². The summed E-state index contributed by atoms with van der Waals surface area (Å²) >= 11 is 0. The van der Waals surface area contributed by atoms with Crippen LogP contribution in [-0.2, 0) is 57.6 Å². The summed E-state index contributed by atoms with van der Waals surface area (Å²) in [5.41, 5.74) is 9.65. The smallest absolute Gasteiger partial charge is 0.333 e. The number of rotatable bonds is 28. The molecule has 0 atom stereocenters. The molecule has 0 heterocycles. The lowest BCUT2D eigenvalue weighted by molar-refractivity contribution is -0.139. The summed E-state index contributed by atoms with van der Waals surface area (Å²) in [4.78, 5) is 24.3. The van der Waals surface area contributed by atoms with Gasteiger partial charge in [0.25, 0.3) is 0 Å². The van der Waals surface area contributed by atoms with E-state index in [1.807, 2.05) is 0 Å². The van der Waals surface area contributed by atoms with Gasteiger partial charge in [0.15, 0.2) is 0 Å². The number of esters is 2. The second kappa shape index (κ2) is 25.2. The number of aryl methyl sites for hydroxylation is 6. The number of aliphatic hydroxyl groups is 2. The molecule has 0 amide bonds. The topological polar surface area (TPSA) is 102 Å². The Morgan fingerprint density at radius 2 is 1.12 bits per heavy atom. The van der Waals surface area contributed by atoms with Crippen LogP contribution in [0.2, 0.25) is 0 Å². The van der Waals surface area contributed by atoms with Gasteiger partial charge in [0, 0.05) is 16.6 Å². The molecule has 2 N–H and O–H groups in total. The van der Waals surface area contributed by atoms with Gasteiger partial charge < -0.3 is 24.4 Å². The van der Waals surface area contributed by atoms with Gasteiger partial charge in [-0.05, 0) is 141 Å². The molecule has 0 fully saturated rings. The van der Waals surface area contributed by atoms with Crippen LogP contribution in [0.15, 0.2) is 78.9 Å². The molecule has 312 valence electrons. The Labute approximate surface area is 343 Å². The Morgan fingerprint density at radius 3 is 1.63 bits per heavy atom. The van der Waals surface area contributed by atoms with E-state index in [1.165, 1.54) is 41.5 Å². The predicted molar refractivity (Wildman–Crippen MR) is 233 cm³/mol. The zero-order valence-corrected chi connectivity index (χ0v) is 35.7. The Balaban J connectivity index is 1.97. The molecule has 7 heteroatoms. The first kappa shape index (κ1) is 47.2. The van der Waals surface area contributed by atoms with Gasteiger partial charge in [-0.3, -0.25) is 0 Å². The molecule has 0 aromatic heterocycles. The highest BCUT2D eigenvalue weighted by Crippen LogP contribution is 2.36. The number of aliphatic hydroxyl groups excluding tert-OH is 2. The average Bonchev–Trinajstić information content (AvgIpc) is 3.22. The van der Waals surface area contributed by atoms with Crippen molar-refractivity contribution >= 4 is 11.9 Å². The Kier molecular flexibility index (Phi) is 20.9. The standard InChI is InChI=1S/C50H70O7/c1-8-11-13-16-39-19-21-40(22-20-39)23-24-41-25-26-46(42(10-3)32-41)45-33-43(17-14-29-56-48(53)37(4)5)47(44(34-45)18-15-30-57-49(54)38(6)7)55-31-28-50(35-51,36-52)27-12-9-2/h19-22,25-26,32-34,51-52H,4,6,8-18,23-24,27-31,35-36H2,1-3,5,7H3. The number of hydrogen-bond acceptors (Lipinski definition) is 7. The normalized spacial score (nSPS) is 11.4. The lowest BCUT2D eigenvalue weighted by Crippen LogP contribution is -2.32. The molecule has 7 nitrogen and oxygen atoms in total. The van der Waals surface area contributed by atoms with Gasteiger partial charge in [0.2, 0.25) is 0 Å². The van der Waals surface area contributed by atoms with Crippen molar-refractivity contribution in [2.75, 3.05) is 33.0 Å². The first-order chi connectivity index (χ1) is 27.5. The van der Waals surface area contributed by atoms with Gasteiger partial charge in [-0.15, -0.1) is 0 Å². The fraction of sp³-hybridized carbons (Fsp3) is 0.520. The quantitative estimate of drug-likeness (QED) is 0.0430. The Hall–Kier alpha value is -4.20. The van der Waals surface area contributed by atoms with Crippen molar-refractivity contribution in [3.05, 3.63) is 112 Å². The maximum Gasteiger partial charge on any atom is 0.333 e. The predicted octanol–water partition coefficient (Wildman–Crippen LogP) is 10.5. The van der Waals surface area contributed by atoms with E-state index in [4.69, 9.17) is 14.2 Å². The summed E-state index contributed by atoms with van der Waals surface area (Å²) in [5.74, 6) is -0.0648. The molecule has 3 aromatic carbocycles. The van der Waals surface area contributed by atoms with E-state index in [1.54, 1.807) is 13.8 Å². The van der Waals surface area contributed by atoms with Crippen molar-refractivity contribution in [1.82, 2.24) is 0 Å². The maximum absolute atomic E-state index is 12.2. The highest BCUT2D eigenvalue weighted by Gasteiger charge is 2.28. The Morgan fingerprint density at radius 1 is 0.596 bits per heavy atom. The molecular weight excluding hydrogens is 713 g/mol. The zero-order chi connectivity index (χ0) is 41.6. The number of carbonyl (C=O) groups is 2. The fourth-order valence-corrected chi connectivity index (χ4v) is 7.10. The van der Waals surface area contributed by atoms with Crippen LogP contribution in [0.25, 0.3) is 11.1 Å². The van der Waals surface area contributed by atoms with Gasteiger partial charge in [-0.1, -0.05) is 102 Å². The third-order valence-electron chi connectivity index (χ3n) is 10.9. The summed E-state index contributed by atoms with van der Waals surface area (Å²) in [5, 5.41) is 20.6. The third kappa shape index (κ3) is 15.6. The lowest BCUT2D eigenvalue weighted by Gasteiger charge is -2.30. The van der Waals surface area contributed by atoms with E-state index in [0.717, 1.165) is 66.5 Å². The van der Waals surface area contributed by atoms with Crippen molar-refractivity contribution in [2.45, 2.75) is 131 Å². The summed E-state index contributed by atoms with van der Waals surface area (Å²) in [6, 6.07) is 20.3. The second-order valence-electron chi connectivity index (χ2n) is 15.8. The molecule has 0 radical (unpaired) electrons. The van der Waals surface area contributed by atoms with E-state index >= 15 is 0 Å². The molecule has 57 heavy (non-hydrogen) atoms. The molecule has 0 bridgehead atoms. The van der Waals surface area contributed by atoms with Crippen LogP contribution in [0.1, 0.15) is 126 Å². The van der Waals surface area contributed by atoms with Crippen molar-refractivity contribution in [1.29, 1.82) is 0 Å². The molecule has 0 spiro atoms. The number of benzene rings is 3. The number of ether oxygens (including phenoxy) is 3. The highest BCUT2D eigenvalue weighted by molar-refractivity contribution is 5.87. The van der Waals surface area contributed by atoms with E-state index in [9.17, 15) is 19.8 Å². The van der Waals surface area contributed by atoms with E-state index in [0.29, 0.717) is 56.3 Å². The largest absolute Gasteiger partial charge is 0.493 e. The first-order valence-electron chi connectivity index (χ1n) is 21.3. The highest BCUT2D eigenvalue weighted by atomic mass is 16.5. The molecule has 0 saturated carbocycles. The summed E-state index contributed by atoms with van der Waals surface area (Å²) in [7, 11) is 0. The van der Waals surface area contributed by atoms with Gasteiger partial charge in [-0.25, -0.2) is 9.59 Å². The summed E-state index contributed by atoms with van der Waals surface area (Å²) in [6.07, 6.45) is 13.2. The summed E-state index contributed by atoms with van der Waals surface area (Å²) < 4.78 is 17.6. The molecule has 3 rings (SSSR count). The van der Waals surface area contributed by atoms with E-state index in [-0.39, 0.29) is 26.4 Å². The molecule has 0 aliphatic heterocycles. The maximum atomic E-state index is 12.2. The SMILES string of the molecule is C=C(C)C(=O)OCCCc1cc(-c2ccc(CCc3ccc(CCCCC)cc3)cc2CC)cc(CCCOC(=O)C(=C)C)c1OCCC(CO)(CO)CCCC. The monoisotopic (exact) mass is 783 g/mol. The minimum atomic E-state index is -0.626. The van der Waals surface area contributed by atoms with E-state index in [2.05, 4.69) is 88.5 Å². The minimum Gasteiger partial charge on any atom is -0.493 e. The van der Waals surface area contributed by atoms with Gasteiger partial charge in [-0.2, -0.15) is 0 Å². The first-order valence-corrected chi connectivity index (χ1v) is 21.3. The Bertz CT molecular complexity index is 1660. The van der Waals surface area contributed by atoms with Gasteiger partial charge in [0.1, 0.15) is 5.75 Å². The van der Waals surface area contributed by atoms with Crippen molar-refractivity contribution in [3.63, 3.8) is 0 Å². The molecule has 0 unspecified atom stereocenters. The fourth-order valence-electron chi connectivity index (χ4n) is 7.10. The molecule has 0 saturated heterocycles. The minimum absolute atomic E-state index is 0.116. The molecule has 0 aliphatic carbocycles. The second-order valence-corrected chi connectivity index (χ2v) is 15.8. The van der Waals surface area contributed by atoms with Crippen LogP contribution in [0, 0.1) is 5.41 Å². The van der Waals surface area contributed by atoms with Crippen LogP contribution in [0.4, 0.5) is 0 Å². The molecule has 3 aromatic rings. The molecular formula is C50H70O7. The van der Waals surface area contributed by atoms with Crippen LogP contribution in [-0.4, -0.2) is 55.2 Å². The average molecular weight is 783 g/mol.